The first-order valence-electron chi connectivity index (χ1n) is 12.1. The Kier molecular flexibility index (Phi) is 8.15. The molecule has 0 radical (unpaired) electrons. The largest absolute Gasteiger partial charge is 0.492 e. The summed E-state index contributed by atoms with van der Waals surface area (Å²) in [5.41, 5.74) is 2.64. The monoisotopic (exact) mass is 474 g/mol. The second-order valence-electron chi connectivity index (χ2n) is 8.72. The van der Waals surface area contributed by atoms with Crippen LogP contribution in [0.4, 0.5) is 17.5 Å². The van der Waals surface area contributed by atoms with E-state index >= 15 is 0 Å². The van der Waals surface area contributed by atoms with Crippen LogP contribution < -0.4 is 19.9 Å². The van der Waals surface area contributed by atoms with Crippen molar-refractivity contribution in [3.05, 3.63) is 71.9 Å². The van der Waals surface area contributed by atoms with Crippen molar-refractivity contribution in [1.82, 2.24) is 14.9 Å². The van der Waals surface area contributed by atoms with Gasteiger partial charge < -0.3 is 24.8 Å². The van der Waals surface area contributed by atoms with Crippen LogP contribution in [-0.2, 0) is 6.42 Å². The maximum Gasteiger partial charge on any atom is 0.263 e. The number of likely N-dealkylation sites (N-methyl/N-ethyl adjacent to an activating group) is 2. The number of nitrogens with one attached hydrogen (secondary N) is 1. The first kappa shape index (κ1) is 24.5. The first-order valence-corrected chi connectivity index (χ1v) is 12.1. The van der Waals surface area contributed by atoms with Gasteiger partial charge in [0.1, 0.15) is 23.7 Å². The minimum atomic E-state index is -0.106. The Labute approximate surface area is 207 Å². The number of aromatic nitrogens is 2. The van der Waals surface area contributed by atoms with Crippen molar-refractivity contribution in [1.29, 1.82) is 0 Å². The number of hydrogen-bond donors (Lipinski definition) is 1. The standard InChI is InChI=1S/C27H34N6O2/c1-4-28-27-29-20-24-25(30-27)32(3)15-16-33(26(24)34)22-11-8-12-23(19-22)35-18-17-31(2)14-13-21-9-6-5-7-10-21/h5-12,19-20H,4,13-18H2,1-3H3,(H,28,29,30). The summed E-state index contributed by atoms with van der Waals surface area (Å²) in [7, 11) is 4.06. The average molecular weight is 475 g/mol. The molecule has 0 atom stereocenters. The van der Waals surface area contributed by atoms with Crippen molar-refractivity contribution in [3.63, 3.8) is 0 Å². The van der Waals surface area contributed by atoms with Crippen LogP contribution in [-0.4, -0.2) is 74.2 Å². The van der Waals surface area contributed by atoms with E-state index in [-0.39, 0.29) is 5.91 Å². The van der Waals surface area contributed by atoms with Crippen LogP contribution in [0.15, 0.2) is 60.8 Å². The van der Waals surface area contributed by atoms with E-state index in [1.165, 1.54) is 5.56 Å². The van der Waals surface area contributed by atoms with Crippen LogP contribution >= 0.6 is 0 Å². The van der Waals surface area contributed by atoms with Crippen molar-refractivity contribution in [3.8, 4) is 5.75 Å². The molecule has 1 aromatic heterocycles. The van der Waals surface area contributed by atoms with Gasteiger partial charge in [0.2, 0.25) is 5.95 Å². The molecule has 0 unspecified atom stereocenters. The van der Waals surface area contributed by atoms with Crippen molar-refractivity contribution in [2.45, 2.75) is 13.3 Å². The summed E-state index contributed by atoms with van der Waals surface area (Å²) in [6.07, 6.45) is 2.63. The summed E-state index contributed by atoms with van der Waals surface area (Å²) in [6.45, 7) is 6.30. The van der Waals surface area contributed by atoms with Crippen LogP contribution in [0.25, 0.3) is 0 Å². The molecular weight excluding hydrogens is 440 g/mol. The maximum atomic E-state index is 13.4. The van der Waals surface area contributed by atoms with Crippen LogP contribution in [0.2, 0.25) is 0 Å². The van der Waals surface area contributed by atoms with Gasteiger partial charge in [-0.3, -0.25) is 4.79 Å². The smallest absolute Gasteiger partial charge is 0.263 e. The predicted octanol–water partition coefficient (Wildman–Crippen LogP) is 3.56. The van der Waals surface area contributed by atoms with Gasteiger partial charge in [-0.1, -0.05) is 36.4 Å². The zero-order valence-electron chi connectivity index (χ0n) is 20.8. The third-order valence-electron chi connectivity index (χ3n) is 6.10. The van der Waals surface area contributed by atoms with Crippen LogP contribution in [0.3, 0.4) is 0 Å². The van der Waals surface area contributed by atoms with Gasteiger partial charge in [0, 0.05) is 57.7 Å². The molecule has 3 aromatic rings. The number of ether oxygens (including phenoxy) is 1. The van der Waals surface area contributed by atoms with Crippen molar-refractivity contribution in [2.24, 2.45) is 0 Å². The molecule has 1 aliphatic heterocycles. The lowest BCUT2D eigenvalue weighted by atomic mass is 10.1. The Bertz CT molecular complexity index is 1120. The number of carbonyl (C=O) groups is 1. The third-order valence-corrected chi connectivity index (χ3v) is 6.10. The van der Waals surface area contributed by atoms with Gasteiger partial charge in [-0.25, -0.2) is 4.98 Å². The van der Waals surface area contributed by atoms with E-state index in [2.05, 4.69) is 51.5 Å². The fraction of sp³-hybridized carbons (Fsp3) is 0.370. The number of rotatable bonds is 10. The van der Waals surface area contributed by atoms with E-state index in [4.69, 9.17) is 4.74 Å². The minimum Gasteiger partial charge on any atom is -0.492 e. The van der Waals surface area contributed by atoms with E-state index < -0.39 is 0 Å². The van der Waals surface area contributed by atoms with Gasteiger partial charge in [0.15, 0.2) is 0 Å². The normalized spacial score (nSPS) is 13.5. The molecule has 35 heavy (non-hydrogen) atoms. The Morgan fingerprint density at radius 3 is 2.71 bits per heavy atom. The second kappa shape index (κ2) is 11.7. The number of nitrogens with zero attached hydrogens (tertiary/aromatic N) is 5. The molecule has 0 bridgehead atoms. The SMILES string of the molecule is CCNc1ncc2c(n1)N(C)CCN(c1cccc(OCCN(C)CCc3ccccc3)c1)C2=O. The lowest BCUT2D eigenvalue weighted by Crippen LogP contribution is -2.33. The molecule has 4 rings (SSSR count). The molecule has 8 heteroatoms. The Balaban J connectivity index is 1.37. The number of hydrogen-bond acceptors (Lipinski definition) is 7. The van der Waals surface area contributed by atoms with Gasteiger partial charge in [0.05, 0.1) is 0 Å². The molecule has 1 amide bonds. The highest BCUT2D eigenvalue weighted by molar-refractivity contribution is 6.09. The summed E-state index contributed by atoms with van der Waals surface area (Å²) in [6, 6.07) is 18.2. The molecule has 8 nitrogen and oxygen atoms in total. The van der Waals surface area contributed by atoms with Gasteiger partial charge >= 0.3 is 0 Å². The van der Waals surface area contributed by atoms with Gasteiger partial charge in [0.25, 0.3) is 5.91 Å². The van der Waals surface area contributed by atoms with Crippen molar-refractivity contribution >= 4 is 23.4 Å². The second-order valence-corrected chi connectivity index (χ2v) is 8.72. The van der Waals surface area contributed by atoms with Crippen LogP contribution in [0.5, 0.6) is 5.75 Å². The highest BCUT2D eigenvalue weighted by atomic mass is 16.5. The summed E-state index contributed by atoms with van der Waals surface area (Å²) in [4.78, 5) is 28.3. The summed E-state index contributed by atoms with van der Waals surface area (Å²) in [5.74, 6) is 1.83. The van der Waals surface area contributed by atoms with Gasteiger partial charge in [-0.2, -0.15) is 4.98 Å². The van der Waals surface area contributed by atoms with Gasteiger partial charge in [-0.15, -0.1) is 0 Å². The van der Waals surface area contributed by atoms with E-state index in [9.17, 15) is 4.79 Å². The van der Waals surface area contributed by atoms with Crippen molar-refractivity contribution < 1.29 is 9.53 Å². The number of amides is 1. The zero-order valence-corrected chi connectivity index (χ0v) is 20.8. The fourth-order valence-corrected chi connectivity index (χ4v) is 4.04. The maximum absolute atomic E-state index is 13.4. The Morgan fingerprint density at radius 1 is 1.09 bits per heavy atom. The van der Waals surface area contributed by atoms with E-state index in [0.717, 1.165) is 37.5 Å². The molecule has 184 valence electrons. The molecule has 0 fully saturated rings. The zero-order chi connectivity index (χ0) is 24.6. The molecule has 1 N–H and O–H groups in total. The fourth-order valence-electron chi connectivity index (χ4n) is 4.04. The number of benzene rings is 2. The lowest BCUT2D eigenvalue weighted by molar-refractivity contribution is 0.0989. The number of anilines is 3. The number of fused-ring (bicyclic) bond motifs is 1. The van der Waals surface area contributed by atoms with Gasteiger partial charge in [-0.05, 0) is 38.1 Å². The molecule has 0 saturated carbocycles. The summed E-state index contributed by atoms with van der Waals surface area (Å²) in [5, 5.41) is 3.11. The third kappa shape index (κ3) is 6.27. The topological polar surface area (TPSA) is 73.8 Å². The average Bonchev–Trinajstić information content (AvgIpc) is 3.00. The molecule has 0 aliphatic carbocycles. The molecule has 0 saturated heterocycles. The highest BCUT2D eigenvalue weighted by Gasteiger charge is 2.28. The number of carbonyl (C=O) groups excluding carboxylic acids is 1. The van der Waals surface area contributed by atoms with Crippen molar-refractivity contribution in [2.75, 3.05) is 68.5 Å². The minimum absolute atomic E-state index is 0.106. The first-order chi connectivity index (χ1) is 17.0. The van der Waals surface area contributed by atoms with Crippen LogP contribution in [0.1, 0.15) is 22.8 Å². The van der Waals surface area contributed by atoms with E-state index in [0.29, 0.717) is 37.0 Å². The van der Waals surface area contributed by atoms with E-state index in [1.54, 1.807) is 11.1 Å². The highest BCUT2D eigenvalue weighted by Crippen LogP contribution is 2.28. The van der Waals surface area contributed by atoms with Crippen LogP contribution in [0, 0.1) is 0 Å². The Hall–Kier alpha value is -3.65. The van der Waals surface area contributed by atoms with E-state index in [1.807, 2.05) is 49.2 Å². The predicted molar refractivity (Wildman–Crippen MR) is 141 cm³/mol. The molecular formula is C27H34N6O2. The molecule has 0 spiro atoms. The quantitative estimate of drug-likeness (QED) is 0.482. The summed E-state index contributed by atoms with van der Waals surface area (Å²) >= 11 is 0. The molecule has 2 aromatic carbocycles. The molecule has 2 heterocycles. The lowest BCUT2D eigenvalue weighted by Gasteiger charge is -2.22. The summed E-state index contributed by atoms with van der Waals surface area (Å²) < 4.78 is 6.04. The molecule has 1 aliphatic rings. The Morgan fingerprint density at radius 2 is 1.91 bits per heavy atom.